The third-order valence-corrected chi connectivity index (χ3v) is 5.08. The number of aryl methyl sites for hydroxylation is 4. The largest absolute Gasteiger partial charge is 0.452 e. The first kappa shape index (κ1) is 19.1. The number of carbonyl (C=O) groups excluding carboxylic acids is 2. The van der Waals surface area contributed by atoms with Gasteiger partial charge in [-0.25, -0.2) is 14.8 Å². The van der Waals surface area contributed by atoms with Gasteiger partial charge in [-0.15, -0.1) is 0 Å². The number of imidazole rings is 1. The number of rotatable bonds is 4. The van der Waals surface area contributed by atoms with Gasteiger partial charge >= 0.3 is 5.97 Å². The first-order chi connectivity index (χ1) is 14.0. The van der Waals surface area contributed by atoms with Crippen molar-refractivity contribution in [3.8, 4) is 0 Å². The summed E-state index contributed by atoms with van der Waals surface area (Å²) in [5.74, 6) is 0.0134. The van der Waals surface area contributed by atoms with Gasteiger partial charge in [0.1, 0.15) is 11.3 Å². The number of hydrogen-bond acceptors (Lipinski definition) is 5. The predicted octanol–water partition coefficient (Wildman–Crippen LogP) is 3.57. The van der Waals surface area contributed by atoms with E-state index in [-0.39, 0.29) is 12.5 Å². The molecular formula is C22H24N4O3. The van der Waals surface area contributed by atoms with E-state index in [4.69, 9.17) is 4.74 Å². The van der Waals surface area contributed by atoms with Crippen LogP contribution in [0.2, 0.25) is 0 Å². The zero-order chi connectivity index (χ0) is 20.4. The minimum Gasteiger partial charge on any atom is -0.452 e. The second-order valence-electron chi connectivity index (χ2n) is 7.46. The fourth-order valence-electron chi connectivity index (χ4n) is 3.61. The average molecular weight is 392 g/mol. The quantitative estimate of drug-likeness (QED) is 0.686. The number of nitrogens with one attached hydrogen (secondary N) is 1. The lowest BCUT2D eigenvalue weighted by molar-refractivity contribution is -0.119. The zero-order valence-electron chi connectivity index (χ0n) is 16.7. The van der Waals surface area contributed by atoms with Gasteiger partial charge in [0, 0.05) is 24.3 Å². The number of hydrogen-bond donors (Lipinski definition) is 1. The van der Waals surface area contributed by atoms with Gasteiger partial charge in [-0.3, -0.25) is 4.79 Å². The number of amides is 1. The summed E-state index contributed by atoms with van der Waals surface area (Å²) in [5.41, 5.74) is 4.12. The molecule has 0 radical (unpaired) electrons. The van der Waals surface area contributed by atoms with E-state index in [1.807, 2.05) is 38.1 Å². The Balaban J connectivity index is 1.51. The third kappa shape index (κ3) is 4.13. The molecule has 0 saturated heterocycles. The van der Waals surface area contributed by atoms with Crippen LogP contribution in [-0.4, -0.2) is 33.0 Å². The summed E-state index contributed by atoms with van der Waals surface area (Å²) in [7, 11) is 0. The monoisotopic (exact) mass is 392 g/mol. The third-order valence-electron chi connectivity index (χ3n) is 5.08. The molecule has 4 rings (SSSR count). The van der Waals surface area contributed by atoms with Crippen LogP contribution in [0.5, 0.6) is 0 Å². The number of carbonyl (C=O) groups is 2. The maximum Gasteiger partial charge on any atom is 0.341 e. The van der Waals surface area contributed by atoms with Crippen molar-refractivity contribution in [3.63, 3.8) is 0 Å². The van der Waals surface area contributed by atoms with Crippen LogP contribution >= 0.6 is 0 Å². The Kier molecular flexibility index (Phi) is 5.29. The fourth-order valence-corrected chi connectivity index (χ4v) is 3.61. The van der Waals surface area contributed by atoms with Crippen molar-refractivity contribution in [2.24, 2.45) is 0 Å². The van der Waals surface area contributed by atoms with Gasteiger partial charge < -0.3 is 14.6 Å². The normalized spacial score (nSPS) is 13.6. The zero-order valence-corrected chi connectivity index (χ0v) is 16.7. The highest BCUT2D eigenvalue weighted by molar-refractivity contribution is 6.02. The Labute approximate surface area is 169 Å². The lowest BCUT2D eigenvalue weighted by Gasteiger charge is -2.08. The van der Waals surface area contributed by atoms with Crippen LogP contribution in [0, 0.1) is 13.8 Å². The van der Waals surface area contributed by atoms with E-state index in [0.29, 0.717) is 16.8 Å². The maximum atomic E-state index is 12.7. The fraction of sp³-hybridized carbons (Fsp3) is 0.364. The molecule has 2 aromatic heterocycles. The van der Waals surface area contributed by atoms with Gasteiger partial charge in [0.05, 0.1) is 5.56 Å². The first-order valence-corrected chi connectivity index (χ1v) is 9.91. The molecule has 1 N–H and O–H groups in total. The smallest absolute Gasteiger partial charge is 0.341 e. The number of benzene rings is 1. The van der Waals surface area contributed by atoms with Crippen LogP contribution in [-0.2, 0) is 22.5 Å². The van der Waals surface area contributed by atoms with E-state index in [9.17, 15) is 9.59 Å². The van der Waals surface area contributed by atoms with Crippen molar-refractivity contribution in [3.05, 3.63) is 53.0 Å². The molecule has 0 spiro atoms. The maximum absolute atomic E-state index is 12.7. The van der Waals surface area contributed by atoms with E-state index in [0.717, 1.165) is 48.5 Å². The number of ether oxygens (including phenoxy) is 1. The first-order valence-electron chi connectivity index (χ1n) is 9.91. The van der Waals surface area contributed by atoms with E-state index in [1.54, 1.807) is 6.07 Å². The standard InChI is InChI=1S/C22H24N4O3/c1-14-7-9-16(10-8-14)24-19(27)13-29-22(28)17-12-15(2)23-21-20(17)25-18-6-4-3-5-11-26(18)21/h7-10,12H,3-6,11,13H2,1-2H3,(H,24,27). The summed E-state index contributed by atoms with van der Waals surface area (Å²) in [6, 6.07) is 9.10. The molecule has 1 aliphatic heterocycles. The Morgan fingerprint density at radius 3 is 2.69 bits per heavy atom. The molecule has 0 saturated carbocycles. The predicted molar refractivity (Wildman–Crippen MR) is 110 cm³/mol. The Bertz CT molecular complexity index is 1070. The van der Waals surface area contributed by atoms with Crippen LogP contribution in [0.1, 0.15) is 46.7 Å². The molecule has 0 bridgehead atoms. The van der Waals surface area contributed by atoms with E-state index in [1.165, 1.54) is 6.42 Å². The molecule has 0 aliphatic carbocycles. The number of esters is 1. The molecule has 7 nitrogen and oxygen atoms in total. The number of fused-ring (bicyclic) bond motifs is 3. The van der Waals surface area contributed by atoms with Gasteiger partial charge in [0.25, 0.3) is 5.91 Å². The second kappa shape index (κ2) is 8.03. The summed E-state index contributed by atoms with van der Waals surface area (Å²) >= 11 is 0. The molecule has 3 heterocycles. The number of aromatic nitrogens is 3. The summed E-state index contributed by atoms with van der Waals surface area (Å²) in [4.78, 5) is 34.1. The van der Waals surface area contributed by atoms with Gasteiger partial charge in [-0.1, -0.05) is 24.1 Å². The van der Waals surface area contributed by atoms with Crippen molar-refractivity contribution < 1.29 is 14.3 Å². The van der Waals surface area contributed by atoms with Crippen molar-refractivity contribution in [2.45, 2.75) is 46.1 Å². The Morgan fingerprint density at radius 2 is 1.90 bits per heavy atom. The SMILES string of the molecule is Cc1ccc(NC(=O)COC(=O)c2cc(C)nc3c2nc2n3CCCCC2)cc1. The van der Waals surface area contributed by atoms with Gasteiger partial charge in [0.2, 0.25) is 0 Å². The summed E-state index contributed by atoms with van der Waals surface area (Å²) in [6.07, 6.45) is 4.21. The van der Waals surface area contributed by atoms with E-state index in [2.05, 4.69) is 19.9 Å². The van der Waals surface area contributed by atoms with Crippen molar-refractivity contribution >= 4 is 28.7 Å². The van der Waals surface area contributed by atoms with Crippen LogP contribution in [0.4, 0.5) is 5.69 Å². The molecule has 29 heavy (non-hydrogen) atoms. The molecule has 150 valence electrons. The van der Waals surface area contributed by atoms with Crippen molar-refractivity contribution in [2.75, 3.05) is 11.9 Å². The number of nitrogens with zero attached hydrogens (tertiary/aromatic N) is 3. The number of anilines is 1. The molecule has 7 heteroatoms. The molecule has 1 amide bonds. The van der Waals surface area contributed by atoms with Gasteiger partial charge in [0.15, 0.2) is 12.3 Å². The average Bonchev–Trinajstić information content (AvgIpc) is 2.88. The second-order valence-corrected chi connectivity index (χ2v) is 7.46. The summed E-state index contributed by atoms with van der Waals surface area (Å²) < 4.78 is 7.38. The summed E-state index contributed by atoms with van der Waals surface area (Å²) in [5, 5.41) is 2.72. The topological polar surface area (TPSA) is 86.1 Å². The minimum absolute atomic E-state index is 0.358. The Hall–Kier alpha value is -3.22. The van der Waals surface area contributed by atoms with Gasteiger partial charge in [-0.05, 0) is 44.9 Å². The number of pyridine rings is 1. The van der Waals surface area contributed by atoms with Crippen LogP contribution < -0.4 is 5.32 Å². The lowest BCUT2D eigenvalue weighted by atomic mass is 10.2. The highest BCUT2D eigenvalue weighted by Crippen LogP contribution is 2.24. The molecule has 1 aromatic carbocycles. The highest BCUT2D eigenvalue weighted by Gasteiger charge is 2.22. The van der Waals surface area contributed by atoms with E-state index < -0.39 is 5.97 Å². The van der Waals surface area contributed by atoms with E-state index >= 15 is 0 Å². The summed E-state index contributed by atoms with van der Waals surface area (Å²) in [6.45, 7) is 4.32. The molecule has 1 aliphatic rings. The molecule has 0 fully saturated rings. The minimum atomic E-state index is -0.562. The van der Waals surface area contributed by atoms with Crippen LogP contribution in [0.25, 0.3) is 11.2 Å². The van der Waals surface area contributed by atoms with Crippen molar-refractivity contribution in [1.29, 1.82) is 0 Å². The van der Waals surface area contributed by atoms with Crippen LogP contribution in [0.15, 0.2) is 30.3 Å². The molecule has 3 aromatic rings. The van der Waals surface area contributed by atoms with Crippen molar-refractivity contribution in [1.82, 2.24) is 14.5 Å². The highest BCUT2D eigenvalue weighted by atomic mass is 16.5. The molecule has 0 atom stereocenters. The lowest BCUT2D eigenvalue weighted by Crippen LogP contribution is -2.21. The Morgan fingerprint density at radius 1 is 1.10 bits per heavy atom. The molecular weight excluding hydrogens is 368 g/mol. The van der Waals surface area contributed by atoms with Gasteiger partial charge in [-0.2, -0.15) is 0 Å². The van der Waals surface area contributed by atoms with Crippen LogP contribution in [0.3, 0.4) is 0 Å². The molecule has 0 unspecified atom stereocenters.